The first kappa shape index (κ1) is 15.3. The zero-order chi connectivity index (χ0) is 16.7. The molecule has 0 aliphatic carbocycles. The normalized spacial score (nSPS) is 14.0. The Morgan fingerprint density at radius 3 is 2.96 bits per heavy atom. The standard InChI is InChI=1S/C20H20N2OS/c1-13-16-5-3-4-6-18(16)21-14(2)17(13)11-20(23)22-9-7-19-15(12-22)8-10-24-19/h3-6,8,10H,7,9,11-12H2,1-2H3. The predicted molar refractivity (Wildman–Crippen MR) is 98.4 cm³/mol. The van der Waals surface area contributed by atoms with Gasteiger partial charge in [-0.25, -0.2) is 0 Å². The number of amides is 1. The Morgan fingerprint density at radius 2 is 2.08 bits per heavy atom. The van der Waals surface area contributed by atoms with Crippen molar-refractivity contribution in [2.75, 3.05) is 6.54 Å². The van der Waals surface area contributed by atoms with Gasteiger partial charge in [-0.05, 0) is 54.5 Å². The predicted octanol–water partition coefficient (Wildman–Crippen LogP) is 4.04. The van der Waals surface area contributed by atoms with Crippen LogP contribution in [0.25, 0.3) is 10.9 Å². The van der Waals surface area contributed by atoms with E-state index in [1.165, 1.54) is 16.0 Å². The van der Waals surface area contributed by atoms with Crippen LogP contribution in [0.15, 0.2) is 35.7 Å². The summed E-state index contributed by atoms with van der Waals surface area (Å²) in [5.41, 5.74) is 5.54. The Labute approximate surface area is 146 Å². The fourth-order valence-electron chi connectivity index (χ4n) is 3.56. The van der Waals surface area contributed by atoms with Gasteiger partial charge in [0.15, 0.2) is 0 Å². The number of pyridine rings is 1. The Hall–Kier alpha value is -2.20. The topological polar surface area (TPSA) is 33.2 Å². The molecule has 0 radical (unpaired) electrons. The lowest BCUT2D eigenvalue weighted by atomic mass is 9.98. The molecule has 0 unspecified atom stereocenters. The summed E-state index contributed by atoms with van der Waals surface area (Å²) in [5.74, 6) is 0.204. The van der Waals surface area contributed by atoms with Crippen molar-refractivity contribution in [3.05, 3.63) is 63.0 Å². The van der Waals surface area contributed by atoms with E-state index in [2.05, 4.69) is 24.4 Å². The third-order valence-corrected chi connectivity index (χ3v) is 6.00. The van der Waals surface area contributed by atoms with E-state index < -0.39 is 0 Å². The number of fused-ring (bicyclic) bond motifs is 2. The third-order valence-electron chi connectivity index (χ3n) is 4.97. The molecule has 0 N–H and O–H groups in total. The fourth-order valence-corrected chi connectivity index (χ4v) is 4.44. The molecule has 3 nitrogen and oxygen atoms in total. The second kappa shape index (κ2) is 6.02. The summed E-state index contributed by atoms with van der Waals surface area (Å²) in [7, 11) is 0. The van der Waals surface area contributed by atoms with Gasteiger partial charge in [0.1, 0.15) is 0 Å². The van der Waals surface area contributed by atoms with Crippen molar-refractivity contribution in [2.24, 2.45) is 0 Å². The van der Waals surface area contributed by atoms with Crippen molar-refractivity contribution in [2.45, 2.75) is 33.2 Å². The van der Waals surface area contributed by atoms with E-state index >= 15 is 0 Å². The highest BCUT2D eigenvalue weighted by Gasteiger charge is 2.23. The zero-order valence-corrected chi connectivity index (χ0v) is 14.8. The molecule has 1 aliphatic rings. The molecule has 0 spiro atoms. The highest BCUT2D eigenvalue weighted by atomic mass is 32.1. The monoisotopic (exact) mass is 336 g/mol. The van der Waals surface area contributed by atoms with E-state index in [9.17, 15) is 4.79 Å². The fraction of sp³-hybridized carbons (Fsp3) is 0.300. The molecule has 3 aromatic rings. The van der Waals surface area contributed by atoms with Gasteiger partial charge in [-0.15, -0.1) is 11.3 Å². The average Bonchev–Trinajstić information content (AvgIpc) is 3.06. The number of benzene rings is 1. The van der Waals surface area contributed by atoms with Crippen LogP contribution < -0.4 is 0 Å². The zero-order valence-electron chi connectivity index (χ0n) is 14.0. The van der Waals surface area contributed by atoms with Gasteiger partial charge in [-0.3, -0.25) is 9.78 Å². The van der Waals surface area contributed by atoms with Crippen molar-refractivity contribution >= 4 is 28.1 Å². The Bertz CT molecular complexity index is 929. The number of carbonyl (C=O) groups is 1. The summed E-state index contributed by atoms with van der Waals surface area (Å²) in [5, 5.41) is 3.27. The van der Waals surface area contributed by atoms with Crippen LogP contribution in [0.4, 0.5) is 0 Å². The van der Waals surface area contributed by atoms with Gasteiger partial charge in [0.2, 0.25) is 5.91 Å². The quantitative estimate of drug-likeness (QED) is 0.707. The van der Waals surface area contributed by atoms with Crippen LogP contribution in [0.3, 0.4) is 0 Å². The summed E-state index contributed by atoms with van der Waals surface area (Å²) in [6, 6.07) is 10.3. The van der Waals surface area contributed by atoms with Crippen LogP contribution in [0.2, 0.25) is 0 Å². The number of aryl methyl sites for hydroxylation is 2. The first-order valence-corrected chi connectivity index (χ1v) is 9.19. The average molecular weight is 336 g/mol. The van der Waals surface area contributed by atoms with Crippen molar-refractivity contribution in [3.8, 4) is 0 Å². The van der Waals surface area contributed by atoms with Crippen molar-refractivity contribution in [1.29, 1.82) is 0 Å². The number of hydrogen-bond donors (Lipinski definition) is 0. The number of rotatable bonds is 2. The minimum Gasteiger partial charge on any atom is -0.338 e. The van der Waals surface area contributed by atoms with Crippen LogP contribution in [-0.4, -0.2) is 22.3 Å². The molecule has 0 bridgehead atoms. The lowest BCUT2D eigenvalue weighted by molar-refractivity contribution is -0.131. The van der Waals surface area contributed by atoms with Gasteiger partial charge in [0.05, 0.1) is 11.9 Å². The van der Waals surface area contributed by atoms with E-state index in [1.807, 2.05) is 30.0 Å². The van der Waals surface area contributed by atoms with Gasteiger partial charge >= 0.3 is 0 Å². The highest BCUT2D eigenvalue weighted by Crippen LogP contribution is 2.26. The molecule has 0 saturated heterocycles. The minimum absolute atomic E-state index is 0.204. The molecule has 0 saturated carbocycles. The summed E-state index contributed by atoms with van der Waals surface area (Å²) >= 11 is 1.80. The number of aromatic nitrogens is 1. The maximum atomic E-state index is 12.8. The van der Waals surface area contributed by atoms with Gasteiger partial charge in [-0.1, -0.05) is 18.2 Å². The first-order valence-electron chi connectivity index (χ1n) is 8.31. The van der Waals surface area contributed by atoms with Gasteiger partial charge in [0, 0.05) is 29.0 Å². The molecular formula is C20H20N2OS. The van der Waals surface area contributed by atoms with E-state index in [4.69, 9.17) is 4.98 Å². The maximum Gasteiger partial charge on any atom is 0.227 e. The third kappa shape index (κ3) is 2.61. The first-order chi connectivity index (χ1) is 11.6. The van der Waals surface area contributed by atoms with E-state index in [0.717, 1.165) is 41.7 Å². The summed E-state index contributed by atoms with van der Waals surface area (Å²) in [4.78, 5) is 21.0. The maximum absolute atomic E-state index is 12.8. The lowest BCUT2D eigenvalue weighted by Crippen LogP contribution is -2.36. The smallest absolute Gasteiger partial charge is 0.227 e. The number of thiophene rings is 1. The van der Waals surface area contributed by atoms with Crippen LogP contribution >= 0.6 is 11.3 Å². The summed E-state index contributed by atoms with van der Waals surface area (Å²) < 4.78 is 0. The van der Waals surface area contributed by atoms with Crippen LogP contribution in [-0.2, 0) is 24.2 Å². The molecule has 1 aliphatic heterocycles. The van der Waals surface area contributed by atoms with Gasteiger partial charge < -0.3 is 4.90 Å². The van der Waals surface area contributed by atoms with Crippen molar-refractivity contribution < 1.29 is 4.79 Å². The van der Waals surface area contributed by atoms with Crippen molar-refractivity contribution in [1.82, 2.24) is 9.88 Å². The number of para-hydroxylation sites is 1. The number of hydrogen-bond acceptors (Lipinski definition) is 3. The second-order valence-electron chi connectivity index (χ2n) is 6.43. The van der Waals surface area contributed by atoms with E-state index in [-0.39, 0.29) is 5.91 Å². The minimum atomic E-state index is 0.204. The lowest BCUT2D eigenvalue weighted by Gasteiger charge is -2.27. The molecule has 122 valence electrons. The second-order valence-corrected chi connectivity index (χ2v) is 7.43. The van der Waals surface area contributed by atoms with Crippen molar-refractivity contribution in [3.63, 3.8) is 0 Å². The molecule has 24 heavy (non-hydrogen) atoms. The Morgan fingerprint density at radius 1 is 1.25 bits per heavy atom. The van der Waals surface area contributed by atoms with Crippen LogP contribution in [0, 0.1) is 13.8 Å². The van der Waals surface area contributed by atoms with Gasteiger partial charge in [0.25, 0.3) is 0 Å². The Balaban J connectivity index is 1.61. The molecule has 1 aromatic carbocycles. The molecule has 0 atom stereocenters. The largest absolute Gasteiger partial charge is 0.338 e. The summed E-state index contributed by atoms with van der Waals surface area (Å²) in [6.07, 6.45) is 1.42. The Kier molecular flexibility index (Phi) is 3.85. The molecule has 4 rings (SSSR count). The summed E-state index contributed by atoms with van der Waals surface area (Å²) in [6.45, 7) is 5.68. The van der Waals surface area contributed by atoms with Gasteiger partial charge in [-0.2, -0.15) is 0 Å². The highest BCUT2D eigenvalue weighted by molar-refractivity contribution is 7.10. The molecule has 1 amide bonds. The van der Waals surface area contributed by atoms with E-state index in [1.54, 1.807) is 11.3 Å². The molecule has 0 fully saturated rings. The molecule has 2 aromatic heterocycles. The molecule has 4 heteroatoms. The SMILES string of the molecule is Cc1nc2ccccc2c(C)c1CC(=O)N1CCc2sccc2C1. The van der Waals surface area contributed by atoms with Crippen LogP contribution in [0.5, 0.6) is 0 Å². The number of nitrogens with zero attached hydrogens (tertiary/aromatic N) is 2. The number of carbonyl (C=O) groups excluding carboxylic acids is 1. The molecular weight excluding hydrogens is 316 g/mol. The van der Waals surface area contributed by atoms with Crippen LogP contribution in [0.1, 0.15) is 27.3 Å². The molecule has 3 heterocycles. The van der Waals surface area contributed by atoms with E-state index in [0.29, 0.717) is 6.42 Å².